The number of rotatable bonds is 1. The molecule has 0 radical (unpaired) electrons. The van der Waals surface area contributed by atoms with Crippen LogP contribution in [0.4, 0.5) is 23.0 Å². The molecule has 0 spiro atoms. The van der Waals surface area contributed by atoms with E-state index in [1.807, 2.05) is 0 Å². The maximum atomic E-state index is 12.7. The van der Waals surface area contributed by atoms with Gasteiger partial charge in [0, 0.05) is 6.07 Å². The van der Waals surface area contributed by atoms with Crippen molar-refractivity contribution >= 4 is 56.4 Å². The van der Waals surface area contributed by atoms with E-state index in [2.05, 4.69) is 25.3 Å². The fourth-order valence-corrected chi connectivity index (χ4v) is 3.60. The lowest BCUT2D eigenvalue weighted by Gasteiger charge is -2.19. The minimum absolute atomic E-state index is 0.0677. The van der Waals surface area contributed by atoms with Crippen molar-refractivity contribution in [2.75, 3.05) is 11.1 Å². The Morgan fingerprint density at radius 2 is 1.96 bits per heavy atom. The summed E-state index contributed by atoms with van der Waals surface area (Å²) in [6.07, 6.45) is 1.19. The predicted octanol–water partition coefficient (Wildman–Crippen LogP) is 1.79. The van der Waals surface area contributed by atoms with E-state index >= 15 is 0 Å². The summed E-state index contributed by atoms with van der Waals surface area (Å²) >= 11 is 5.89. The summed E-state index contributed by atoms with van der Waals surface area (Å²) in [6.45, 7) is 0. The number of fused-ring (bicyclic) bond motifs is 3. The molecule has 24 heavy (non-hydrogen) atoms. The highest BCUT2D eigenvalue weighted by molar-refractivity contribution is 7.85. The molecule has 2 aromatic heterocycles. The van der Waals surface area contributed by atoms with E-state index in [-0.39, 0.29) is 37.9 Å². The molecule has 0 fully saturated rings. The van der Waals surface area contributed by atoms with Crippen LogP contribution in [0.25, 0.3) is 11.0 Å². The zero-order valence-electron chi connectivity index (χ0n) is 11.6. The molecule has 0 amide bonds. The molecule has 0 saturated heterocycles. The van der Waals surface area contributed by atoms with Crippen LogP contribution in [0.3, 0.4) is 0 Å². The van der Waals surface area contributed by atoms with E-state index in [1.165, 1.54) is 18.5 Å². The Hall–Kier alpha value is -2.92. The van der Waals surface area contributed by atoms with Gasteiger partial charge in [0.15, 0.2) is 21.7 Å². The molecule has 3 N–H and O–H groups in total. The van der Waals surface area contributed by atoms with Crippen LogP contribution in [0.15, 0.2) is 28.5 Å². The molecule has 4 rings (SSSR count). The molecule has 10 nitrogen and oxygen atoms in total. The number of hydrogen-bond acceptors (Lipinski definition) is 9. The quantitative estimate of drug-likeness (QED) is 0.293. The Morgan fingerprint density at radius 3 is 2.71 bits per heavy atom. The van der Waals surface area contributed by atoms with Gasteiger partial charge in [-0.05, 0) is 6.07 Å². The van der Waals surface area contributed by atoms with Gasteiger partial charge >= 0.3 is 0 Å². The van der Waals surface area contributed by atoms with Crippen molar-refractivity contribution in [3.05, 3.63) is 33.6 Å². The van der Waals surface area contributed by atoms with Crippen molar-refractivity contribution in [3.8, 4) is 0 Å². The van der Waals surface area contributed by atoms with Crippen LogP contribution in [0, 0.1) is 10.1 Å². The van der Waals surface area contributed by atoms with Crippen molar-refractivity contribution in [1.29, 1.82) is 0 Å². The van der Waals surface area contributed by atoms with E-state index in [9.17, 15) is 14.3 Å². The van der Waals surface area contributed by atoms with Crippen LogP contribution < -0.4 is 11.1 Å². The number of halogens is 1. The SMILES string of the molecule is Nc1ncnc2c1Nc1nc3cc(Cl)c([N+](=O)[O-])cc3nc1S2=O. The molecule has 1 unspecified atom stereocenters. The highest BCUT2D eigenvalue weighted by Gasteiger charge is 2.29. The molecule has 3 aromatic rings. The Kier molecular flexibility index (Phi) is 3.08. The van der Waals surface area contributed by atoms with Crippen LogP contribution >= 0.6 is 11.6 Å². The second kappa shape index (κ2) is 5.04. The number of benzene rings is 1. The van der Waals surface area contributed by atoms with Crippen molar-refractivity contribution in [3.63, 3.8) is 0 Å². The van der Waals surface area contributed by atoms with Gasteiger partial charge in [-0.25, -0.2) is 24.1 Å². The molecule has 1 atom stereocenters. The third-order valence-corrected chi connectivity index (χ3v) is 4.93. The first-order valence-corrected chi connectivity index (χ1v) is 7.93. The summed E-state index contributed by atoms with van der Waals surface area (Å²) < 4.78 is 12.7. The molecule has 0 saturated carbocycles. The van der Waals surface area contributed by atoms with Crippen molar-refractivity contribution in [2.45, 2.75) is 10.1 Å². The largest absolute Gasteiger partial charge is 0.382 e. The molecule has 3 heterocycles. The molecule has 12 heteroatoms. The molecule has 1 aliphatic rings. The summed E-state index contributed by atoms with van der Waals surface area (Å²) in [5.41, 5.74) is 6.26. The third kappa shape index (κ3) is 2.06. The predicted molar refractivity (Wildman–Crippen MR) is 85.6 cm³/mol. The fraction of sp³-hybridized carbons (Fsp3) is 0. The van der Waals surface area contributed by atoms with E-state index in [1.54, 1.807) is 0 Å². The zero-order valence-corrected chi connectivity index (χ0v) is 13.1. The normalized spacial score (nSPS) is 15.5. The van der Waals surface area contributed by atoms with Crippen LogP contribution in [-0.2, 0) is 10.8 Å². The van der Waals surface area contributed by atoms with Crippen LogP contribution in [0.2, 0.25) is 5.02 Å². The van der Waals surface area contributed by atoms with Crippen molar-refractivity contribution in [1.82, 2.24) is 19.9 Å². The number of anilines is 3. The Balaban J connectivity index is 1.97. The molecule has 1 aliphatic heterocycles. The molecule has 0 aliphatic carbocycles. The van der Waals surface area contributed by atoms with Gasteiger partial charge in [-0.2, -0.15) is 0 Å². The van der Waals surface area contributed by atoms with Gasteiger partial charge in [0.25, 0.3) is 5.69 Å². The molecule has 1 aromatic carbocycles. The number of nitro benzene ring substituents is 1. The van der Waals surface area contributed by atoms with Gasteiger partial charge in [0.05, 0.1) is 16.0 Å². The standard InChI is InChI=1S/C12H6ClN7O3S/c13-4-1-5-6(2-7(4)20(21)22)18-12-10(17-5)19-8-9(14)15-3-16-11(8)24(12)23/h1-3H,(H,17,19)(H2,14,15,16). The van der Waals surface area contributed by atoms with Gasteiger partial charge in [-0.1, -0.05) is 11.6 Å². The van der Waals surface area contributed by atoms with Crippen LogP contribution in [0.5, 0.6) is 0 Å². The lowest BCUT2D eigenvalue weighted by Crippen LogP contribution is -2.16. The fourth-order valence-electron chi connectivity index (χ4n) is 2.25. The number of nitro groups is 1. The van der Waals surface area contributed by atoms with Crippen molar-refractivity contribution in [2.24, 2.45) is 0 Å². The molecular weight excluding hydrogens is 358 g/mol. The van der Waals surface area contributed by atoms with E-state index in [0.717, 1.165) is 0 Å². The van der Waals surface area contributed by atoms with Gasteiger partial charge < -0.3 is 11.1 Å². The number of nitrogens with two attached hydrogens (primary N) is 1. The van der Waals surface area contributed by atoms with Gasteiger partial charge in [0.1, 0.15) is 27.8 Å². The molecule has 120 valence electrons. The van der Waals surface area contributed by atoms with E-state index < -0.39 is 15.7 Å². The number of nitrogens with one attached hydrogen (secondary N) is 1. The summed E-state index contributed by atoms with van der Waals surface area (Å²) in [5, 5.41) is 14.1. The highest BCUT2D eigenvalue weighted by Crippen LogP contribution is 2.37. The summed E-state index contributed by atoms with van der Waals surface area (Å²) in [4.78, 5) is 26.7. The molecular formula is C12H6ClN7O3S. The lowest BCUT2D eigenvalue weighted by atomic mass is 10.2. The summed E-state index contributed by atoms with van der Waals surface area (Å²) in [6, 6.07) is 2.51. The van der Waals surface area contributed by atoms with Gasteiger partial charge in [-0.15, -0.1) is 0 Å². The smallest absolute Gasteiger partial charge is 0.290 e. The summed E-state index contributed by atoms with van der Waals surface area (Å²) in [5.74, 6) is 0.336. The van der Waals surface area contributed by atoms with Crippen LogP contribution in [0.1, 0.15) is 0 Å². The van der Waals surface area contributed by atoms with Crippen molar-refractivity contribution < 1.29 is 9.13 Å². The van der Waals surface area contributed by atoms with Gasteiger partial charge in [0.2, 0.25) is 0 Å². The number of aromatic nitrogens is 4. The van der Waals surface area contributed by atoms with Crippen LogP contribution in [-0.4, -0.2) is 29.1 Å². The molecule has 0 bridgehead atoms. The topological polar surface area (TPSA) is 150 Å². The Bertz CT molecular complexity index is 1070. The Morgan fingerprint density at radius 1 is 1.21 bits per heavy atom. The maximum absolute atomic E-state index is 12.7. The second-order valence-corrected chi connectivity index (χ2v) is 6.48. The van der Waals surface area contributed by atoms with Gasteiger partial charge in [-0.3, -0.25) is 10.1 Å². The van der Waals surface area contributed by atoms with E-state index in [0.29, 0.717) is 11.2 Å². The third-order valence-electron chi connectivity index (χ3n) is 3.33. The highest BCUT2D eigenvalue weighted by atomic mass is 35.5. The Labute approximate surface area is 140 Å². The zero-order chi connectivity index (χ0) is 17.0. The first-order valence-electron chi connectivity index (χ1n) is 6.40. The number of nitrogen functional groups attached to an aromatic ring is 1. The summed E-state index contributed by atoms with van der Waals surface area (Å²) in [7, 11) is -1.75. The minimum Gasteiger partial charge on any atom is -0.382 e. The monoisotopic (exact) mass is 363 g/mol. The first kappa shape index (κ1) is 14.7. The average molecular weight is 364 g/mol. The maximum Gasteiger partial charge on any atom is 0.290 e. The first-order chi connectivity index (χ1) is 11.5. The minimum atomic E-state index is -1.75. The average Bonchev–Trinajstić information content (AvgIpc) is 2.54. The lowest BCUT2D eigenvalue weighted by molar-refractivity contribution is -0.384. The number of hydrogen-bond donors (Lipinski definition) is 2. The number of nitrogens with zero attached hydrogens (tertiary/aromatic N) is 5. The van der Waals surface area contributed by atoms with E-state index in [4.69, 9.17) is 17.3 Å². The second-order valence-electron chi connectivity index (χ2n) is 4.76.